The van der Waals surface area contributed by atoms with Crippen LogP contribution in [0.4, 0.5) is 4.79 Å². The molecule has 0 saturated carbocycles. The molecule has 1 aromatic carbocycles. The van der Waals surface area contributed by atoms with Gasteiger partial charge >= 0.3 is 12.0 Å². The molecular formula is C24H31N5O6S. The maximum atomic E-state index is 13.5. The molecule has 0 bridgehead atoms. The van der Waals surface area contributed by atoms with E-state index in [0.717, 1.165) is 0 Å². The quantitative estimate of drug-likeness (QED) is 0.494. The van der Waals surface area contributed by atoms with Crippen molar-refractivity contribution >= 4 is 27.9 Å². The number of aromatic nitrogens is 1. The first kappa shape index (κ1) is 27.1. The molecule has 0 spiro atoms. The van der Waals surface area contributed by atoms with Gasteiger partial charge in [0.15, 0.2) is 0 Å². The Balaban J connectivity index is 1.87. The summed E-state index contributed by atoms with van der Waals surface area (Å²) in [6.07, 6.45) is 3.27. The molecule has 1 aliphatic rings. The van der Waals surface area contributed by atoms with Crippen LogP contribution in [-0.2, 0) is 30.8 Å². The number of rotatable bonds is 8. The Bertz CT molecular complexity index is 1160. The number of piperazine rings is 1. The molecule has 2 aromatic rings. The van der Waals surface area contributed by atoms with Crippen molar-refractivity contribution in [1.29, 1.82) is 0 Å². The number of carbonyl (C=O) groups is 3. The van der Waals surface area contributed by atoms with Gasteiger partial charge in [-0.1, -0.05) is 24.3 Å². The van der Waals surface area contributed by atoms with E-state index in [4.69, 9.17) is 4.74 Å². The molecule has 1 fully saturated rings. The summed E-state index contributed by atoms with van der Waals surface area (Å²) in [5.41, 5.74) is 0.694. The van der Waals surface area contributed by atoms with E-state index in [9.17, 15) is 22.8 Å². The lowest BCUT2D eigenvalue weighted by molar-refractivity contribution is -0.145. The number of benzene rings is 1. The third-order valence-electron chi connectivity index (χ3n) is 5.66. The second-order valence-corrected chi connectivity index (χ2v) is 10.6. The summed E-state index contributed by atoms with van der Waals surface area (Å²) in [7, 11) is -2.69. The van der Waals surface area contributed by atoms with Gasteiger partial charge < -0.3 is 20.3 Å². The van der Waals surface area contributed by atoms with Gasteiger partial charge in [-0.25, -0.2) is 18.0 Å². The molecule has 12 heteroatoms. The molecule has 3 amide bonds. The molecule has 11 nitrogen and oxygen atoms in total. The predicted molar refractivity (Wildman–Crippen MR) is 131 cm³/mol. The number of sulfonamides is 1. The Morgan fingerprint density at radius 2 is 1.81 bits per heavy atom. The average Bonchev–Trinajstić information content (AvgIpc) is 2.88. The lowest BCUT2D eigenvalue weighted by Crippen LogP contribution is -2.64. The van der Waals surface area contributed by atoms with Crippen molar-refractivity contribution in [3.05, 3.63) is 60.4 Å². The number of ether oxygens (including phenoxy) is 1. The van der Waals surface area contributed by atoms with E-state index >= 15 is 0 Å². The lowest BCUT2D eigenvalue weighted by atomic mass is 10.1. The molecule has 3 rings (SSSR count). The number of urea groups is 1. The van der Waals surface area contributed by atoms with Crippen LogP contribution in [0.25, 0.3) is 0 Å². The first-order valence-electron chi connectivity index (χ1n) is 11.5. The fourth-order valence-electron chi connectivity index (χ4n) is 3.87. The second kappa shape index (κ2) is 12.0. The van der Waals surface area contributed by atoms with Crippen LogP contribution in [0.1, 0.15) is 19.4 Å². The maximum Gasteiger partial charge on any atom is 0.328 e. The SMILES string of the molecule is COC(=O)[C@@H](Cc1cccnc1)NC(=O)[C@H]1CN(S(=O)(=O)c2ccccc2)CCN1C(=O)NC(C)C. The number of hydrogen-bond donors (Lipinski definition) is 2. The monoisotopic (exact) mass is 517 g/mol. The molecular weight excluding hydrogens is 486 g/mol. The third-order valence-corrected chi connectivity index (χ3v) is 7.54. The van der Waals surface area contributed by atoms with Gasteiger partial charge in [-0.15, -0.1) is 0 Å². The van der Waals surface area contributed by atoms with E-state index < -0.39 is 40.0 Å². The molecule has 2 N–H and O–H groups in total. The average molecular weight is 518 g/mol. The molecule has 194 valence electrons. The molecule has 0 aliphatic carbocycles. The van der Waals surface area contributed by atoms with Gasteiger partial charge in [0.2, 0.25) is 15.9 Å². The summed E-state index contributed by atoms with van der Waals surface area (Å²) < 4.78 is 32.5. The zero-order chi connectivity index (χ0) is 26.3. The van der Waals surface area contributed by atoms with Crippen molar-refractivity contribution in [2.45, 2.75) is 43.3 Å². The van der Waals surface area contributed by atoms with E-state index in [-0.39, 0.29) is 37.0 Å². The summed E-state index contributed by atoms with van der Waals surface area (Å²) >= 11 is 0. The van der Waals surface area contributed by atoms with E-state index in [1.807, 2.05) is 0 Å². The Morgan fingerprint density at radius 1 is 1.08 bits per heavy atom. The van der Waals surface area contributed by atoms with Crippen LogP contribution in [0.2, 0.25) is 0 Å². The van der Waals surface area contributed by atoms with Gasteiger partial charge in [0.25, 0.3) is 0 Å². The van der Waals surface area contributed by atoms with Gasteiger partial charge in [-0.3, -0.25) is 9.78 Å². The molecule has 2 heterocycles. The number of nitrogens with zero attached hydrogens (tertiary/aromatic N) is 3. The molecule has 2 atom stereocenters. The van der Waals surface area contributed by atoms with Gasteiger partial charge in [0.05, 0.1) is 12.0 Å². The number of amides is 3. The highest BCUT2D eigenvalue weighted by molar-refractivity contribution is 7.89. The standard InChI is InChI=1S/C24H31N5O6S/c1-17(2)26-24(32)29-13-12-28(36(33,34)19-9-5-4-6-10-19)16-21(29)22(30)27-20(23(31)35-3)14-18-8-7-11-25-15-18/h4-11,15,17,20-21H,12-14,16H2,1-3H3,(H,26,32)(H,27,30)/t20-,21-/m1/s1. The number of hydrogen-bond acceptors (Lipinski definition) is 7. The minimum Gasteiger partial charge on any atom is -0.467 e. The maximum absolute atomic E-state index is 13.5. The van der Waals surface area contributed by atoms with E-state index in [2.05, 4.69) is 15.6 Å². The van der Waals surface area contributed by atoms with Crippen LogP contribution in [-0.4, -0.2) is 85.4 Å². The summed E-state index contributed by atoms with van der Waals surface area (Å²) in [5, 5.41) is 5.40. The lowest BCUT2D eigenvalue weighted by Gasteiger charge is -2.40. The Hall–Kier alpha value is -3.51. The number of pyridine rings is 1. The minimum atomic E-state index is -3.90. The molecule has 36 heavy (non-hydrogen) atoms. The van der Waals surface area contributed by atoms with Crippen LogP contribution in [0.5, 0.6) is 0 Å². The fourth-order valence-corrected chi connectivity index (χ4v) is 5.33. The van der Waals surface area contributed by atoms with Crippen molar-refractivity contribution < 1.29 is 27.5 Å². The molecule has 0 radical (unpaired) electrons. The van der Waals surface area contributed by atoms with Gasteiger partial charge in [-0.2, -0.15) is 4.31 Å². The van der Waals surface area contributed by atoms with Crippen LogP contribution in [0.3, 0.4) is 0 Å². The highest BCUT2D eigenvalue weighted by atomic mass is 32.2. The Labute approximate surface area is 210 Å². The molecule has 1 saturated heterocycles. The first-order valence-corrected chi connectivity index (χ1v) is 13.0. The zero-order valence-electron chi connectivity index (χ0n) is 20.5. The smallest absolute Gasteiger partial charge is 0.328 e. The van der Waals surface area contributed by atoms with E-state index in [1.54, 1.807) is 56.6 Å². The normalized spacial score (nSPS) is 17.3. The topological polar surface area (TPSA) is 138 Å². The van der Waals surface area contributed by atoms with Crippen molar-refractivity contribution in [2.24, 2.45) is 0 Å². The number of methoxy groups -OCH3 is 1. The number of esters is 1. The Morgan fingerprint density at radius 3 is 2.42 bits per heavy atom. The van der Waals surface area contributed by atoms with E-state index in [1.165, 1.54) is 28.4 Å². The molecule has 1 aromatic heterocycles. The highest BCUT2D eigenvalue weighted by Gasteiger charge is 2.41. The van der Waals surface area contributed by atoms with Crippen LogP contribution in [0.15, 0.2) is 59.8 Å². The van der Waals surface area contributed by atoms with Crippen LogP contribution < -0.4 is 10.6 Å². The predicted octanol–water partition coefficient (Wildman–Crippen LogP) is 0.775. The largest absolute Gasteiger partial charge is 0.467 e. The van der Waals surface area contributed by atoms with E-state index in [0.29, 0.717) is 5.56 Å². The van der Waals surface area contributed by atoms with Crippen molar-refractivity contribution in [3.8, 4) is 0 Å². The minimum absolute atomic E-state index is 0.00575. The molecule has 1 aliphatic heterocycles. The first-order chi connectivity index (χ1) is 17.1. The summed E-state index contributed by atoms with van der Waals surface area (Å²) in [4.78, 5) is 44.2. The van der Waals surface area contributed by atoms with Gasteiger partial charge in [0, 0.05) is 44.5 Å². The Kier molecular flexibility index (Phi) is 8.99. The highest BCUT2D eigenvalue weighted by Crippen LogP contribution is 2.21. The zero-order valence-corrected chi connectivity index (χ0v) is 21.3. The van der Waals surface area contributed by atoms with Gasteiger partial charge in [-0.05, 0) is 37.6 Å². The number of carbonyl (C=O) groups excluding carboxylic acids is 3. The summed E-state index contributed by atoms with van der Waals surface area (Å²) in [6.45, 7) is 3.31. The second-order valence-electron chi connectivity index (χ2n) is 8.64. The fraction of sp³-hybridized carbons (Fsp3) is 0.417. The van der Waals surface area contributed by atoms with Crippen LogP contribution in [0, 0.1) is 0 Å². The number of nitrogens with one attached hydrogen (secondary N) is 2. The third kappa shape index (κ3) is 6.58. The summed E-state index contributed by atoms with van der Waals surface area (Å²) in [5.74, 6) is -1.34. The van der Waals surface area contributed by atoms with Crippen LogP contribution >= 0.6 is 0 Å². The van der Waals surface area contributed by atoms with Crippen molar-refractivity contribution in [3.63, 3.8) is 0 Å². The van der Waals surface area contributed by atoms with Crippen molar-refractivity contribution in [2.75, 3.05) is 26.7 Å². The summed E-state index contributed by atoms with van der Waals surface area (Å²) in [6, 6.07) is 8.43. The molecule has 0 unspecified atom stereocenters. The van der Waals surface area contributed by atoms with Crippen molar-refractivity contribution in [1.82, 2.24) is 24.8 Å². The van der Waals surface area contributed by atoms with Gasteiger partial charge in [0.1, 0.15) is 12.1 Å².